The van der Waals surface area contributed by atoms with Crippen LogP contribution in [0.3, 0.4) is 0 Å². The number of rotatable bonds is 6. The molecule has 1 fully saturated rings. The van der Waals surface area contributed by atoms with Gasteiger partial charge >= 0.3 is 5.97 Å². The first-order valence-electron chi connectivity index (χ1n) is 11.0. The highest BCUT2D eigenvalue weighted by Gasteiger charge is 2.24. The molecule has 1 N–H and O–H groups in total. The maximum atomic E-state index is 13.1. The zero-order valence-electron chi connectivity index (χ0n) is 18.8. The van der Waals surface area contributed by atoms with Gasteiger partial charge in [-0.05, 0) is 42.3 Å². The van der Waals surface area contributed by atoms with E-state index in [2.05, 4.69) is 5.32 Å². The average molecular weight is 466 g/mol. The summed E-state index contributed by atoms with van der Waals surface area (Å²) < 4.78 is 5.05. The number of fused-ring (bicyclic) bond motifs is 1. The van der Waals surface area contributed by atoms with Gasteiger partial charge in [-0.25, -0.2) is 4.79 Å². The molecule has 8 heteroatoms. The number of hydrogen-bond acceptors (Lipinski definition) is 6. The second-order valence-electron chi connectivity index (χ2n) is 7.99. The van der Waals surface area contributed by atoms with E-state index in [-0.39, 0.29) is 24.3 Å². The molecule has 1 aliphatic rings. The standard InChI is InChI=1S/C25H27N3O4S/c1-3-32-25(31)23-17(2)15-22(33-23)26-21(29)16-27-11-13-28(14-12-27)24(30)20-10-6-8-18-7-4-5-9-19(18)20/h4-10,15H,3,11-14,16H2,1-2H3,(H,26,29). The molecule has 1 aromatic heterocycles. The number of aryl methyl sites for hydroxylation is 1. The lowest BCUT2D eigenvalue weighted by Crippen LogP contribution is -2.50. The summed E-state index contributed by atoms with van der Waals surface area (Å²) in [5.41, 5.74) is 1.50. The van der Waals surface area contributed by atoms with E-state index >= 15 is 0 Å². The van der Waals surface area contributed by atoms with E-state index in [0.717, 1.165) is 16.3 Å². The Morgan fingerprint density at radius 1 is 1.03 bits per heavy atom. The fourth-order valence-electron chi connectivity index (χ4n) is 4.01. The monoisotopic (exact) mass is 465 g/mol. The van der Waals surface area contributed by atoms with Crippen LogP contribution in [0.25, 0.3) is 10.8 Å². The Balaban J connectivity index is 1.31. The van der Waals surface area contributed by atoms with Crippen molar-refractivity contribution in [3.8, 4) is 0 Å². The molecule has 0 saturated carbocycles. The molecule has 33 heavy (non-hydrogen) atoms. The van der Waals surface area contributed by atoms with E-state index in [1.54, 1.807) is 13.0 Å². The van der Waals surface area contributed by atoms with Crippen molar-refractivity contribution in [1.29, 1.82) is 0 Å². The van der Waals surface area contributed by atoms with Gasteiger partial charge in [0.05, 0.1) is 18.2 Å². The van der Waals surface area contributed by atoms with Gasteiger partial charge in [-0.1, -0.05) is 36.4 Å². The van der Waals surface area contributed by atoms with E-state index in [4.69, 9.17) is 4.74 Å². The second kappa shape index (κ2) is 10.1. The maximum absolute atomic E-state index is 13.1. The molecule has 0 aliphatic carbocycles. The number of thiophene rings is 1. The number of carbonyl (C=O) groups is 3. The van der Waals surface area contributed by atoms with Crippen LogP contribution in [-0.2, 0) is 9.53 Å². The summed E-state index contributed by atoms with van der Waals surface area (Å²) in [4.78, 5) is 42.0. The Kier molecular flexibility index (Phi) is 7.05. The molecule has 7 nitrogen and oxygen atoms in total. The van der Waals surface area contributed by atoms with Crippen molar-refractivity contribution in [1.82, 2.24) is 9.80 Å². The molecule has 0 bridgehead atoms. The van der Waals surface area contributed by atoms with Crippen molar-refractivity contribution >= 4 is 44.9 Å². The number of hydrogen-bond donors (Lipinski definition) is 1. The molecule has 1 aliphatic heterocycles. The Bertz CT molecular complexity index is 1180. The molecule has 1 saturated heterocycles. The summed E-state index contributed by atoms with van der Waals surface area (Å²) in [6.07, 6.45) is 0. The largest absolute Gasteiger partial charge is 0.462 e. The van der Waals surface area contributed by atoms with Crippen molar-refractivity contribution < 1.29 is 19.1 Å². The van der Waals surface area contributed by atoms with Crippen LogP contribution in [0.2, 0.25) is 0 Å². The average Bonchev–Trinajstić information content (AvgIpc) is 3.18. The molecule has 3 aromatic rings. The van der Waals surface area contributed by atoms with E-state index < -0.39 is 0 Å². The normalized spacial score (nSPS) is 14.3. The minimum absolute atomic E-state index is 0.0245. The van der Waals surface area contributed by atoms with Crippen molar-refractivity contribution in [3.63, 3.8) is 0 Å². The van der Waals surface area contributed by atoms with Gasteiger partial charge in [0, 0.05) is 31.7 Å². The first-order valence-corrected chi connectivity index (χ1v) is 11.8. The molecule has 2 aromatic carbocycles. The van der Waals surface area contributed by atoms with Gasteiger partial charge in [-0.3, -0.25) is 14.5 Å². The van der Waals surface area contributed by atoms with Crippen LogP contribution in [0.15, 0.2) is 48.5 Å². The van der Waals surface area contributed by atoms with Crippen molar-refractivity contribution in [3.05, 3.63) is 64.5 Å². The summed E-state index contributed by atoms with van der Waals surface area (Å²) in [5, 5.41) is 5.52. The van der Waals surface area contributed by atoms with Crippen LogP contribution in [-0.4, -0.2) is 66.9 Å². The zero-order chi connectivity index (χ0) is 23.4. The molecular formula is C25H27N3O4S. The molecule has 2 heterocycles. The topological polar surface area (TPSA) is 79.0 Å². The van der Waals surface area contributed by atoms with Crippen molar-refractivity contribution in [2.45, 2.75) is 13.8 Å². The summed E-state index contributed by atoms with van der Waals surface area (Å²) in [5.74, 6) is -0.482. The van der Waals surface area contributed by atoms with Gasteiger partial charge in [0.1, 0.15) is 4.88 Å². The van der Waals surface area contributed by atoms with E-state index in [9.17, 15) is 14.4 Å². The minimum Gasteiger partial charge on any atom is -0.462 e. The van der Waals surface area contributed by atoms with Gasteiger partial charge < -0.3 is 15.0 Å². The molecule has 2 amide bonds. The molecule has 0 atom stereocenters. The number of nitrogens with zero attached hydrogens (tertiary/aromatic N) is 2. The quantitative estimate of drug-likeness (QED) is 0.561. The third kappa shape index (κ3) is 5.23. The summed E-state index contributed by atoms with van der Waals surface area (Å²) in [6, 6.07) is 15.5. The summed E-state index contributed by atoms with van der Waals surface area (Å²) >= 11 is 1.22. The molecule has 0 spiro atoms. The van der Waals surface area contributed by atoms with Gasteiger partial charge in [0.25, 0.3) is 5.91 Å². The number of piperazine rings is 1. The highest BCUT2D eigenvalue weighted by atomic mass is 32.1. The first-order chi connectivity index (χ1) is 16.0. The lowest BCUT2D eigenvalue weighted by atomic mass is 10.0. The maximum Gasteiger partial charge on any atom is 0.348 e. The van der Waals surface area contributed by atoms with E-state index in [0.29, 0.717) is 48.2 Å². The Morgan fingerprint density at radius 2 is 1.76 bits per heavy atom. The van der Waals surface area contributed by atoms with Crippen LogP contribution >= 0.6 is 11.3 Å². The number of anilines is 1. The molecule has 0 unspecified atom stereocenters. The SMILES string of the molecule is CCOC(=O)c1sc(NC(=O)CN2CCN(C(=O)c3cccc4ccccc34)CC2)cc1C. The van der Waals surface area contributed by atoms with Crippen LogP contribution in [0, 0.1) is 6.92 Å². The molecule has 4 rings (SSSR count). The van der Waals surface area contributed by atoms with Crippen molar-refractivity contribution in [2.24, 2.45) is 0 Å². The Labute approximate surface area is 196 Å². The number of amides is 2. The first kappa shape index (κ1) is 22.9. The van der Waals surface area contributed by atoms with Crippen LogP contribution in [0.4, 0.5) is 5.00 Å². The number of carbonyl (C=O) groups excluding carboxylic acids is 3. The van der Waals surface area contributed by atoms with Gasteiger partial charge in [0.2, 0.25) is 5.91 Å². The van der Waals surface area contributed by atoms with Gasteiger partial charge in [-0.15, -0.1) is 11.3 Å². The number of nitrogens with one attached hydrogen (secondary N) is 1. The smallest absolute Gasteiger partial charge is 0.348 e. The molecular weight excluding hydrogens is 438 g/mol. The Morgan fingerprint density at radius 3 is 2.52 bits per heavy atom. The fraction of sp³-hybridized carbons (Fsp3) is 0.320. The van der Waals surface area contributed by atoms with Crippen LogP contribution in [0.5, 0.6) is 0 Å². The Hall–Kier alpha value is -3.23. The highest BCUT2D eigenvalue weighted by Crippen LogP contribution is 2.27. The van der Waals surface area contributed by atoms with E-state index in [1.165, 1.54) is 11.3 Å². The minimum atomic E-state index is -0.368. The van der Waals surface area contributed by atoms with Gasteiger partial charge in [-0.2, -0.15) is 0 Å². The van der Waals surface area contributed by atoms with Crippen molar-refractivity contribution in [2.75, 3.05) is 44.6 Å². The third-order valence-electron chi connectivity index (χ3n) is 5.69. The zero-order valence-corrected chi connectivity index (χ0v) is 19.6. The van der Waals surface area contributed by atoms with E-state index in [1.807, 2.05) is 59.2 Å². The number of esters is 1. The van der Waals surface area contributed by atoms with Crippen LogP contribution < -0.4 is 5.32 Å². The number of ether oxygens (including phenoxy) is 1. The van der Waals surface area contributed by atoms with Gasteiger partial charge in [0.15, 0.2) is 0 Å². The third-order valence-corrected chi connectivity index (χ3v) is 6.82. The van der Waals surface area contributed by atoms with Crippen LogP contribution in [0.1, 0.15) is 32.5 Å². The molecule has 0 radical (unpaired) electrons. The number of benzene rings is 2. The summed E-state index contributed by atoms with van der Waals surface area (Å²) in [7, 11) is 0. The lowest BCUT2D eigenvalue weighted by molar-refractivity contribution is -0.117. The predicted octanol–water partition coefficient (Wildman–Crippen LogP) is 3.78. The lowest BCUT2D eigenvalue weighted by Gasteiger charge is -2.34. The summed E-state index contributed by atoms with van der Waals surface area (Å²) in [6.45, 7) is 6.53. The highest BCUT2D eigenvalue weighted by molar-refractivity contribution is 7.18. The second-order valence-corrected chi connectivity index (χ2v) is 9.04. The molecule has 172 valence electrons. The predicted molar refractivity (Wildman–Crippen MR) is 130 cm³/mol. The fourth-order valence-corrected chi connectivity index (χ4v) is 5.00.